The lowest BCUT2D eigenvalue weighted by atomic mass is 10.1. The van der Waals surface area contributed by atoms with Crippen LogP contribution in [0.4, 0.5) is 14.5 Å². The van der Waals surface area contributed by atoms with Crippen molar-refractivity contribution in [3.05, 3.63) is 28.1 Å². The largest absolute Gasteiger partial charge is 0.506 e. The quantitative estimate of drug-likeness (QED) is 0.870. The van der Waals surface area contributed by atoms with Gasteiger partial charge in [-0.3, -0.25) is 4.98 Å². The number of aromatic hydroxyl groups is 1. The first-order valence-corrected chi connectivity index (χ1v) is 7.63. The number of rotatable bonds is 3. The van der Waals surface area contributed by atoms with E-state index in [0.29, 0.717) is 21.8 Å². The first-order valence-electron chi connectivity index (χ1n) is 6.81. The Kier molecular flexibility index (Phi) is 3.71. The molecule has 0 radical (unpaired) electrons. The summed E-state index contributed by atoms with van der Waals surface area (Å²) in [6.45, 7) is 1.05. The highest BCUT2D eigenvalue weighted by atomic mass is 32.1. The van der Waals surface area contributed by atoms with Gasteiger partial charge in [0.15, 0.2) is 0 Å². The molecule has 8 heteroatoms. The van der Waals surface area contributed by atoms with E-state index in [-0.39, 0.29) is 18.8 Å². The number of nitrogens with zero attached hydrogens (tertiary/aromatic N) is 2. The van der Waals surface area contributed by atoms with E-state index in [2.05, 4.69) is 9.72 Å². The van der Waals surface area contributed by atoms with E-state index in [9.17, 15) is 18.7 Å². The van der Waals surface area contributed by atoms with Gasteiger partial charge in [0, 0.05) is 16.5 Å². The number of thiophene rings is 1. The highest BCUT2D eigenvalue weighted by Gasteiger charge is 2.44. The Labute approximate surface area is 135 Å². The third kappa shape index (κ3) is 2.86. The first kappa shape index (κ1) is 15.7. The summed E-state index contributed by atoms with van der Waals surface area (Å²) in [7, 11) is 1.30. The number of aromatic nitrogens is 1. The molecule has 2 aromatic rings. The molecule has 0 spiro atoms. The maximum Gasteiger partial charge on any atom is 0.348 e. The Morgan fingerprint density at radius 1 is 1.43 bits per heavy atom. The van der Waals surface area contributed by atoms with Crippen molar-refractivity contribution in [1.29, 1.82) is 0 Å². The molecule has 3 rings (SSSR count). The van der Waals surface area contributed by atoms with Crippen LogP contribution in [0.1, 0.15) is 14.5 Å². The van der Waals surface area contributed by atoms with Gasteiger partial charge < -0.3 is 14.7 Å². The average Bonchev–Trinajstić information content (AvgIpc) is 2.85. The molecule has 1 aliphatic heterocycles. The first-order chi connectivity index (χ1) is 10.8. The minimum absolute atomic E-state index is 0.116. The number of alkyl halides is 2. The third-order valence-electron chi connectivity index (χ3n) is 3.62. The molecule has 0 bridgehead atoms. The standard InChI is InChI=1S/C15H14F2N2O3S/c1-8-10(4-12(23-8)14(21)22-2)13-11(20)3-9(5-18-13)19-6-15(16,17)7-19/h3-5,20H,6-7H2,1-2H3. The number of anilines is 1. The van der Waals surface area contributed by atoms with E-state index in [0.717, 1.165) is 4.88 Å². The number of pyridine rings is 1. The van der Waals surface area contributed by atoms with E-state index >= 15 is 0 Å². The molecule has 0 aliphatic carbocycles. The van der Waals surface area contributed by atoms with Gasteiger partial charge in [0.25, 0.3) is 5.92 Å². The molecule has 1 N–H and O–H groups in total. The fourth-order valence-electron chi connectivity index (χ4n) is 2.44. The van der Waals surface area contributed by atoms with Crippen LogP contribution in [0.2, 0.25) is 0 Å². The van der Waals surface area contributed by atoms with Crippen molar-refractivity contribution in [1.82, 2.24) is 4.98 Å². The van der Waals surface area contributed by atoms with Crippen molar-refractivity contribution in [2.24, 2.45) is 0 Å². The smallest absolute Gasteiger partial charge is 0.348 e. The van der Waals surface area contributed by atoms with Gasteiger partial charge in [-0.25, -0.2) is 13.6 Å². The van der Waals surface area contributed by atoms with E-state index < -0.39 is 11.9 Å². The van der Waals surface area contributed by atoms with Crippen LogP contribution < -0.4 is 4.90 Å². The van der Waals surface area contributed by atoms with Crippen LogP contribution in [0.15, 0.2) is 18.3 Å². The normalized spacial score (nSPS) is 16.1. The second-order valence-corrected chi connectivity index (χ2v) is 6.60. The molecular weight excluding hydrogens is 326 g/mol. The van der Waals surface area contributed by atoms with E-state index in [1.54, 1.807) is 13.0 Å². The fraction of sp³-hybridized carbons (Fsp3) is 0.333. The van der Waals surface area contributed by atoms with E-state index in [1.165, 1.54) is 35.6 Å². The van der Waals surface area contributed by atoms with E-state index in [4.69, 9.17) is 0 Å². The molecule has 1 saturated heterocycles. The lowest BCUT2D eigenvalue weighted by molar-refractivity contribution is -0.0263. The molecule has 0 amide bonds. The van der Waals surface area contributed by atoms with Crippen LogP contribution >= 0.6 is 11.3 Å². The van der Waals surface area contributed by atoms with Crippen molar-refractivity contribution in [3.63, 3.8) is 0 Å². The molecule has 0 saturated carbocycles. The number of ether oxygens (including phenoxy) is 1. The lowest BCUT2D eigenvalue weighted by Gasteiger charge is -2.40. The van der Waals surface area contributed by atoms with Crippen molar-refractivity contribution in [2.45, 2.75) is 12.8 Å². The minimum atomic E-state index is -2.69. The minimum Gasteiger partial charge on any atom is -0.506 e. The Morgan fingerprint density at radius 2 is 2.13 bits per heavy atom. The van der Waals surface area contributed by atoms with Crippen molar-refractivity contribution >= 4 is 23.0 Å². The molecule has 0 unspecified atom stereocenters. The van der Waals surface area contributed by atoms with Crippen LogP contribution in [0, 0.1) is 6.92 Å². The summed E-state index contributed by atoms with van der Waals surface area (Å²) >= 11 is 1.24. The Bertz CT molecular complexity index is 768. The maximum atomic E-state index is 12.9. The molecule has 0 aromatic carbocycles. The monoisotopic (exact) mass is 340 g/mol. The number of hydrogen-bond acceptors (Lipinski definition) is 6. The van der Waals surface area contributed by atoms with E-state index in [1.807, 2.05) is 0 Å². The molecule has 23 heavy (non-hydrogen) atoms. The summed E-state index contributed by atoms with van der Waals surface area (Å²) in [5.74, 6) is -3.26. The number of hydrogen-bond donors (Lipinski definition) is 1. The zero-order valence-electron chi connectivity index (χ0n) is 12.5. The second-order valence-electron chi connectivity index (χ2n) is 5.35. The number of esters is 1. The summed E-state index contributed by atoms with van der Waals surface area (Å²) < 4.78 is 30.5. The van der Waals surface area contributed by atoms with Gasteiger partial charge in [0.2, 0.25) is 0 Å². The molecule has 2 aromatic heterocycles. The topological polar surface area (TPSA) is 62.7 Å². The summed E-state index contributed by atoms with van der Waals surface area (Å²) in [5, 5.41) is 10.2. The number of carbonyl (C=O) groups is 1. The number of halogens is 2. The predicted molar refractivity (Wildman–Crippen MR) is 82.5 cm³/mol. The third-order valence-corrected chi connectivity index (χ3v) is 4.65. The van der Waals surface area contributed by atoms with Crippen LogP contribution in [-0.4, -0.2) is 42.2 Å². The van der Waals surface area contributed by atoms with Gasteiger partial charge in [-0.05, 0) is 13.0 Å². The van der Waals surface area contributed by atoms with Crippen molar-refractivity contribution < 1.29 is 23.4 Å². The highest BCUT2D eigenvalue weighted by molar-refractivity contribution is 7.14. The van der Waals surface area contributed by atoms with Crippen molar-refractivity contribution in [2.75, 3.05) is 25.1 Å². The maximum absolute atomic E-state index is 12.9. The summed E-state index contributed by atoms with van der Waals surface area (Å²) in [6, 6.07) is 3.01. The van der Waals surface area contributed by atoms with Crippen LogP contribution in [0.25, 0.3) is 11.3 Å². The molecule has 0 atom stereocenters. The summed E-state index contributed by atoms with van der Waals surface area (Å²) in [5.41, 5.74) is 1.37. The molecular formula is C15H14F2N2O3S. The predicted octanol–water partition coefficient (Wildman–Crippen LogP) is 3.07. The van der Waals surface area contributed by atoms with Gasteiger partial charge in [-0.2, -0.15) is 0 Å². The fourth-order valence-corrected chi connectivity index (χ4v) is 3.37. The molecule has 122 valence electrons. The Hall–Kier alpha value is -2.22. The highest BCUT2D eigenvalue weighted by Crippen LogP contribution is 2.38. The number of aryl methyl sites for hydroxylation is 1. The average molecular weight is 340 g/mol. The molecule has 1 aliphatic rings. The van der Waals surface area contributed by atoms with Gasteiger partial charge in [-0.15, -0.1) is 11.3 Å². The van der Waals surface area contributed by atoms with Gasteiger partial charge in [-0.1, -0.05) is 0 Å². The van der Waals surface area contributed by atoms with Crippen LogP contribution in [-0.2, 0) is 4.74 Å². The Morgan fingerprint density at radius 3 is 2.70 bits per heavy atom. The lowest BCUT2D eigenvalue weighted by Crippen LogP contribution is -2.56. The SMILES string of the molecule is COC(=O)c1cc(-c2ncc(N3CC(F)(F)C3)cc2O)c(C)s1. The van der Waals surface area contributed by atoms with Gasteiger partial charge in [0.05, 0.1) is 32.1 Å². The number of methoxy groups -OCH3 is 1. The summed E-state index contributed by atoms with van der Waals surface area (Å²) in [6.07, 6.45) is 1.44. The number of carbonyl (C=O) groups excluding carboxylic acids is 1. The van der Waals surface area contributed by atoms with Gasteiger partial charge in [0.1, 0.15) is 16.3 Å². The van der Waals surface area contributed by atoms with Crippen molar-refractivity contribution in [3.8, 4) is 17.0 Å². The molecule has 1 fully saturated rings. The molecule has 3 heterocycles. The van der Waals surface area contributed by atoms with Gasteiger partial charge >= 0.3 is 5.97 Å². The van der Waals surface area contributed by atoms with Crippen LogP contribution in [0.3, 0.4) is 0 Å². The second kappa shape index (κ2) is 5.45. The zero-order valence-corrected chi connectivity index (χ0v) is 13.3. The summed E-state index contributed by atoms with van der Waals surface area (Å²) in [4.78, 5) is 18.4. The van der Waals surface area contributed by atoms with Crippen LogP contribution in [0.5, 0.6) is 5.75 Å². The molecule has 5 nitrogen and oxygen atoms in total. The zero-order chi connectivity index (χ0) is 16.8. The Balaban J connectivity index is 1.90.